The minimum Gasteiger partial charge on any atom is -0.294 e. The van der Waals surface area contributed by atoms with Gasteiger partial charge in [-0.25, -0.2) is 0 Å². The van der Waals surface area contributed by atoms with E-state index in [1.54, 1.807) is 0 Å². The van der Waals surface area contributed by atoms with Gasteiger partial charge in [0.05, 0.1) is 0 Å². The monoisotopic (exact) mass is 154 g/mol. The van der Waals surface area contributed by atoms with Crippen LogP contribution in [0.15, 0.2) is 5.10 Å². The largest absolute Gasteiger partial charge is 0.294 e. The molecule has 0 saturated carbocycles. The van der Waals surface area contributed by atoms with Crippen LogP contribution in [0.25, 0.3) is 0 Å². The van der Waals surface area contributed by atoms with Crippen LogP contribution < -0.4 is 0 Å². The first-order valence-corrected chi connectivity index (χ1v) is 4.45. The Bertz CT molecular complexity index is 159. The number of hydrogen-bond acceptors (Lipinski definition) is 2. The maximum absolute atomic E-state index is 4.54. The summed E-state index contributed by atoms with van der Waals surface area (Å²) in [6, 6.07) is 0.561. The molecule has 0 atom stereocenters. The first-order chi connectivity index (χ1) is 5.11. The van der Waals surface area contributed by atoms with Crippen molar-refractivity contribution in [3.05, 3.63) is 0 Å². The van der Waals surface area contributed by atoms with Gasteiger partial charge in [0, 0.05) is 24.7 Å². The molecule has 11 heavy (non-hydrogen) atoms. The summed E-state index contributed by atoms with van der Waals surface area (Å²) in [5.74, 6) is 0.624. The lowest BCUT2D eigenvalue weighted by Crippen LogP contribution is -2.22. The second kappa shape index (κ2) is 3.24. The summed E-state index contributed by atoms with van der Waals surface area (Å²) < 4.78 is 0. The van der Waals surface area contributed by atoms with Crippen LogP contribution in [0.4, 0.5) is 0 Å². The smallest absolute Gasteiger partial charge is 0.0424 e. The van der Waals surface area contributed by atoms with E-state index in [-0.39, 0.29) is 0 Å². The molecule has 2 heteroatoms. The Morgan fingerprint density at radius 3 is 2.18 bits per heavy atom. The van der Waals surface area contributed by atoms with E-state index in [1.807, 2.05) is 0 Å². The minimum absolute atomic E-state index is 0.561. The molecule has 0 aromatic heterocycles. The van der Waals surface area contributed by atoms with E-state index in [0.29, 0.717) is 12.0 Å². The second-order valence-corrected chi connectivity index (χ2v) is 3.75. The van der Waals surface area contributed by atoms with Crippen LogP contribution >= 0.6 is 0 Å². The minimum atomic E-state index is 0.561. The molecule has 64 valence electrons. The quantitative estimate of drug-likeness (QED) is 0.595. The lowest BCUT2D eigenvalue weighted by molar-refractivity contribution is 0.257. The molecule has 0 aromatic rings. The molecule has 0 aromatic carbocycles. The first kappa shape index (κ1) is 8.57. The number of hydrazone groups is 1. The van der Waals surface area contributed by atoms with Crippen LogP contribution in [0, 0.1) is 5.92 Å². The SMILES string of the molecule is CC(C)C1=NN(C(C)C)CC1. The summed E-state index contributed by atoms with van der Waals surface area (Å²) in [5, 5.41) is 6.71. The van der Waals surface area contributed by atoms with Crippen molar-refractivity contribution in [3.8, 4) is 0 Å². The molecule has 1 heterocycles. The Labute approximate surface area is 69.3 Å². The van der Waals surface area contributed by atoms with Crippen molar-refractivity contribution < 1.29 is 0 Å². The first-order valence-electron chi connectivity index (χ1n) is 4.45. The van der Waals surface area contributed by atoms with E-state index < -0.39 is 0 Å². The van der Waals surface area contributed by atoms with Crippen molar-refractivity contribution in [1.29, 1.82) is 0 Å². The van der Waals surface area contributed by atoms with Gasteiger partial charge in [-0.15, -0.1) is 0 Å². The average Bonchev–Trinajstić information content (AvgIpc) is 2.33. The molecule has 1 aliphatic rings. The van der Waals surface area contributed by atoms with Crippen molar-refractivity contribution in [2.45, 2.75) is 40.2 Å². The van der Waals surface area contributed by atoms with Crippen LogP contribution in [0.2, 0.25) is 0 Å². The lowest BCUT2D eigenvalue weighted by atomic mass is 10.1. The average molecular weight is 154 g/mol. The van der Waals surface area contributed by atoms with Crippen LogP contribution in [0.5, 0.6) is 0 Å². The third-order valence-corrected chi connectivity index (χ3v) is 2.12. The van der Waals surface area contributed by atoms with Crippen LogP contribution in [-0.4, -0.2) is 23.3 Å². The summed E-state index contributed by atoms with van der Waals surface area (Å²) in [6.07, 6.45) is 1.16. The van der Waals surface area contributed by atoms with Crippen LogP contribution in [-0.2, 0) is 0 Å². The van der Waals surface area contributed by atoms with Gasteiger partial charge in [-0.2, -0.15) is 5.10 Å². The predicted molar refractivity (Wildman–Crippen MR) is 48.7 cm³/mol. The molecule has 0 amide bonds. The third kappa shape index (κ3) is 1.95. The van der Waals surface area contributed by atoms with Crippen molar-refractivity contribution in [2.75, 3.05) is 6.54 Å². The van der Waals surface area contributed by atoms with Gasteiger partial charge in [-0.3, -0.25) is 5.01 Å². The molecule has 0 fully saturated rings. The fraction of sp³-hybridized carbons (Fsp3) is 0.889. The maximum Gasteiger partial charge on any atom is 0.0424 e. The lowest BCUT2D eigenvalue weighted by Gasteiger charge is -2.17. The fourth-order valence-corrected chi connectivity index (χ4v) is 1.27. The van der Waals surface area contributed by atoms with Crippen molar-refractivity contribution in [3.63, 3.8) is 0 Å². The number of rotatable bonds is 2. The molecule has 0 saturated heterocycles. The second-order valence-electron chi connectivity index (χ2n) is 3.75. The summed E-state index contributed by atoms with van der Waals surface area (Å²) in [7, 11) is 0. The molecular weight excluding hydrogens is 136 g/mol. The van der Waals surface area contributed by atoms with Crippen molar-refractivity contribution >= 4 is 5.71 Å². The van der Waals surface area contributed by atoms with E-state index >= 15 is 0 Å². The zero-order valence-corrected chi connectivity index (χ0v) is 7.96. The van der Waals surface area contributed by atoms with Crippen molar-refractivity contribution in [1.82, 2.24) is 5.01 Å². The highest BCUT2D eigenvalue weighted by atomic mass is 15.5. The molecular formula is C9H18N2. The molecule has 0 spiro atoms. The van der Waals surface area contributed by atoms with E-state index in [4.69, 9.17) is 0 Å². The molecule has 0 N–H and O–H groups in total. The molecule has 1 aliphatic heterocycles. The molecule has 1 rings (SSSR count). The van der Waals surface area contributed by atoms with E-state index in [1.165, 1.54) is 5.71 Å². The summed E-state index contributed by atoms with van der Waals surface area (Å²) in [4.78, 5) is 0. The van der Waals surface area contributed by atoms with Crippen LogP contribution in [0.1, 0.15) is 34.1 Å². The molecule has 0 aliphatic carbocycles. The zero-order valence-electron chi connectivity index (χ0n) is 7.96. The van der Waals surface area contributed by atoms with Gasteiger partial charge in [0.25, 0.3) is 0 Å². The highest BCUT2D eigenvalue weighted by Gasteiger charge is 2.17. The van der Waals surface area contributed by atoms with Crippen LogP contribution in [0.3, 0.4) is 0 Å². The molecule has 2 nitrogen and oxygen atoms in total. The highest BCUT2D eigenvalue weighted by molar-refractivity contribution is 5.87. The standard InChI is InChI=1S/C9H18N2/c1-7(2)9-5-6-11(10-9)8(3)4/h7-8H,5-6H2,1-4H3. The summed E-state index contributed by atoms with van der Waals surface area (Å²) in [6.45, 7) is 9.91. The highest BCUT2D eigenvalue weighted by Crippen LogP contribution is 2.14. The van der Waals surface area contributed by atoms with Gasteiger partial charge in [0.1, 0.15) is 0 Å². The normalized spacial score (nSPS) is 18.4. The molecule has 0 radical (unpaired) electrons. The molecule has 0 unspecified atom stereocenters. The Morgan fingerprint density at radius 2 is 1.91 bits per heavy atom. The van der Waals surface area contributed by atoms with Gasteiger partial charge in [-0.1, -0.05) is 13.8 Å². The number of nitrogens with zero attached hydrogens (tertiary/aromatic N) is 2. The van der Waals surface area contributed by atoms with Gasteiger partial charge >= 0.3 is 0 Å². The Morgan fingerprint density at radius 1 is 1.27 bits per heavy atom. The van der Waals surface area contributed by atoms with Gasteiger partial charge in [0.15, 0.2) is 0 Å². The Balaban J connectivity index is 2.54. The molecule has 0 bridgehead atoms. The van der Waals surface area contributed by atoms with E-state index in [9.17, 15) is 0 Å². The summed E-state index contributed by atoms with van der Waals surface area (Å²) >= 11 is 0. The van der Waals surface area contributed by atoms with Gasteiger partial charge in [-0.05, 0) is 19.8 Å². The maximum atomic E-state index is 4.54. The number of hydrogen-bond donors (Lipinski definition) is 0. The zero-order chi connectivity index (χ0) is 8.43. The fourth-order valence-electron chi connectivity index (χ4n) is 1.27. The Kier molecular flexibility index (Phi) is 2.53. The predicted octanol–water partition coefficient (Wildman–Crippen LogP) is 2.11. The van der Waals surface area contributed by atoms with E-state index in [2.05, 4.69) is 37.8 Å². The van der Waals surface area contributed by atoms with Gasteiger partial charge < -0.3 is 0 Å². The topological polar surface area (TPSA) is 15.6 Å². The van der Waals surface area contributed by atoms with Gasteiger partial charge in [0.2, 0.25) is 0 Å². The summed E-state index contributed by atoms with van der Waals surface area (Å²) in [5.41, 5.74) is 1.36. The van der Waals surface area contributed by atoms with Crippen molar-refractivity contribution in [2.24, 2.45) is 11.0 Å². The third-order valence-electron chi connectivity index (χ3n) is 2.12. The van der Waals surface area contributed by atoms with E-state index in [0.717, 1.165) is 13.0 Å². The Hall–Kier alpha value is -0.530.